The Morgan fingerprint density at radius 2 is 2.06 bits per heavy atom. The summed E-state index contributed by atoms with van der Waals surface area (Å²) >= 11 is 0. The maximum atomic E-state index is 12.0. The van der Waals surface area contributed by atoms with Crippen LogP contribution in [0, 0.1) is 11.3 Å². The van der Waals surface area contributed by atoms with Crippen LogP contribution in [0.1, 0.15) is 5.56 Å². The number of hydrogen-bond donors (Lipinski definition) is 1. The highest BCUT2D eigenvalue weighted by atomic mass is 19.4. The summed E-state index contributed by atoms with van der Waals surface area (Å²) in [5.41, 5.74) is -0.487. The molecule has 0 aliphatic rings. The third-order valence-electron chi connectivity index (χ3n) is 2.21. The van der Waals surface area contributed by atoms with Crippen LogP contribution >= 0.6 is 0 Å². The number of aromatic nitrogens is 1. The number of alkyl halides is 3. The summed E-state index contributed by atoms with van der Waals surface area (Å²) in [7, 11) is 0. The van der Waals surface area contributed by atoms with Gasteiger partial charge in [-0.3, -0.25) is 4.79 Å². The first kappa shape index (κ1) is 12.0. The lowest BCUT2D eigenvalue weighted by molar-refractivity contribution is -0.274. The predicted molar refractivity (Wildman–Crippen MR) is 56.0 cm³/mol. The molecule has 2 aromatic rings. The Bertz CT molecular complexity index is 698. The Morgan fingerprint density at radius 3 is 2.67 bits per heavy atom. The SMILES string of the molecule is N#Cc1c[nH]c2ccc(OC(F)(F)F)cc2c1=O. The Labute approximate surface area is 98.2 Å². The molecule has 0 spiro atoms. The van der Waals surface area contributed by atoms with Gasteiger partial charge < -0.3 is 9.72 Å². The molecular weight excluding hydrogens is 249 g/mol. The number of nitrogens with one attached hydrogen (secondary N) is 1. The molecule has 0 aliphatic carbocycles. The molecule has 0 bridgehead atoms. The topological polar surface area (TPSA) is 65.9 Å². The van der Waals surface area contributed by atoms with Crippen molar-refractivity contribution in [2.24, 2.45) is 0 Å². The second-order valence-electron chi connectivity index (χ2n) is 3.40. The van der Waals surface area contributed by atoms with Crippen molar-refractivity contribution in [2.75, 3.05) is 0 Å². The quantitative estimate of drug-likeness (QED) is 0.849. The van der Waals surface area contributed by atoms with Crippen LogP contribution in [0.2, 0.25) is 0 Å². The molecular formula is C11H5F3N2O2. The molecule has 0 radical (unpaired) electrons. The minimum Gasteiger partial charge on any atom is -0.406 e. The summed E-state index contributed by atoms with van der Waals surface area (Å²) < 4.78 is 39.8. The number of ether oxygens (including phenoxy) is 1. The van der Waals surface area contributed by atoms with Crippen LogP contribution in [0.15, 0.2) is 29.2 Å². The lowest BCUT2D eigenvalue weighted by Crippen LogP contribution is -2.17. The van der Waals surface area contributed by atoms with Gasteiger partial charge in [-0.05, 0) is 18.2 Å². The monoisotopic (exact) mass is 254 g/mol. The third-order valence-corrected chi connectivity index (χ3v) is 2.21. The summed E-state index contributed by atoms with van der Waals surface area (Å²) in [5.74, 6) is -0.504. The summed E-state index contributed by atoms with van der Waals surface area (Å²) in [6.45, 7) is 0. The van der Waals surface area contributed by atoms with Gasteiger partial charge >= 0.3 is 6.36 Å². The van der Waals surface area contributed by atoms with Crippen molar-refractivity contribution in [3.05, 3.63) is 40.2 Å². The molecule has 0 atom stereocenters. The van der Waals surface area contributed by atoms with E-state index in [4.69, 9.17) is 5.26 Å². The highest BCUT2D eigenvalue weighted by molar-refractivity contribution is 5.80. The van der Waals surface area contributed by atoms with E-state index in [1.807, 2.05) is 0 Å². The Kier molecular flexibility index (Phi) is 2.71. The van der Waals surface area contributed by atoms with E-state index in [0.29, 0.717) is 5.52 Å². The average molecular weight is 254 g/mol. The molecule has 18 heavy (non-hydrogen) atoms. The average Bonchev–Trinajstić information content (AvgIpc) is 2.28. The fourth-order valence-corrected chi connectivity index (χ4v) is 1.48. The number of aromatic amines is 1. The third kappa shape index (κ3) is 2.27. The van der Waals surface area contributed by atoms with Gasteiger partial charge in [-0.15, -0.1) is 13.2 Å². The van der Waals surface area contributed by atoms with Crippen LogP contribution in [0.4, 0.5) is 13.2 Å². The van der Waals surface area contributed by atoms with Crippen molar-refractivity contribution in [2.45, 2.75) is 6.36 Å². The fourth-order valence-electron chi connectivity index (χ4n) is 1.48. The van der Waals surface area contributed by atoms with Crippen molar-refractivity contribution < 1.29 is 17.9 Å². The van der Waals surface area contributed by atoms with Crippen molar-refractivity contribution in [1.29, 1.82) is 5.26 Å². The number of halogens is 3. The second-order valence-corrected chi connectivity index (χ2v) is 3.40. The van der Waals surface area contributed by atoms with Gasteiger partial charge in [-0.1, -0.05) is 0 Å². The maximum Gasteiger partial charge on any atom is 0.573 e. The van der Waals surface area contributed by atoms with Crippen LogP contribution in [-0.4, -0.2) is 11.3 Å². The molecule has 4 nitrogen and oxygen atoms in total. The van der Waals surface area contributed by atoms with Gasteiger partial charge in [0.2, 0.25) is 5.43 Å². The summed E-state index contributed by atoms with van der Waals surface area (Å²) in [6, 6.07) is 4.95. The largest absolute Gasteiger partial charge is 0.573 e. The Hall–Kier alpha value is -2.49. The standard InChI is InChI=1S/C11H5F3N2O2/c12-11(13,14)18-7-1-2-9-8(3-7)10(17)6(4-15)5-16-9/h1-3,5H,(H,16,17). The van der Waals surface area contributed by atoms with Crippen LogP contribution < -0.4 is 10.2 Å². The lowest BCUT2D eigenvalue weighted by Gasteiger charge is -2.09. The molecule has 1 aromatic carbocycles. The minimum absolute atomic E-state index is 0.0317. The van der Waals surface area contributed by atoms with Gasteiger partial charge in [-0.25, -0.2) is 0 Å². The van der Waals surface area contributed by atoms with Crippen molar-refractivity contribution in [1.82, 2.24) is 4.98 Å². The number of hydrogen-bond acceptors (Lipinski definition) is 3. The maximum absolute atomic E-state index is 12.0. The Balaban J connectivity index is 2.60. The fraction of sp³-hybridized carbons (Fsp3) is 0.0909. The molecule has 7 heteroatoms. The first-order chi connectivity index (χ1) is 8.40. The van der Waals surface area contributed by atoms with Crippen molar-refractivity contribution in [3.63, 3.8) is 0 Å². The molecule has 1 N–H and O–H groups in total. The highest BCUT2D eigenvalue weighted by Crippen LogP contribution is 2.24. The summed E-state index contributed by atoms with van der Waals surface area (Å²) in [5, 5.41) is 8.62. The Morgan fingerprint density at radius 1 is 1.33 bits per heavy atom. The normalized spacial score (nSPS) is 11.2. The van der Waals surface area contributed by atoms with Gasteiger partial charge in [-0.2, -0.15) is 5.26 Å². The molecule has 92 valence electrons. The molecule has 1 heterocycles. The molecule has 0 saturated heterocycles. The van der Waals surface area contributed by atoms with E-state index in [0.717, 1.165) is 12.1 Å². The zero-order chi connectivity index (χ0) is 13.3. The minimum atomic E-state index is -4.83. The van der Waals surface area contributed by atoms with Crippen LogP contribution in [0.5, 0.6) is 5.75 Å². The summed E-state index contributed by atoms with van der Waals surface area (Å²) in [4.78, 5) is 14.3. The molecule has 0 unspecified atom stereocenters. The molecule has 2 rings (SSSR count). The zero-order valence-electron chi connectivity index (χ0n) is 8.71. The predicted octanol–water partition coefficient (Wildman–Crippen LogP) is 2.30. The first-order valence-corrected chi connectivity index (χ1v) is 4.72. The van der Waals surface area contributed by atoms with Crippen LogP contribution in [0.25, 0.3) is 10.9 Å². The number of pyridine rings is 1. The second kappa shape index (κ2) is 4.07. The smallest absolute Gasteiger partial charge is 0.406 e. The van der Waals surface area contributed by atoms with Crippen molar-refractivity contribution in [3.8, 4) is 11.8 Å². The van der Waals surface area contributed by atoms with Crippen LogP contribution in [0.3, 0.4) is 0 Å². The first-order valence-electron chi connectivity index (χ1n) is 4.72. The lowest BCUT2D eigenvalue weighted by atomic mass is 10.1. The number of H-pyrrole nitrogens is 1. The zero-order valence-corrected chi connectivity index (χ0v) is 8.71. The highest BCUT2D eigenvalue weighted by Gasteiger charge is 2.31. The number of benzene rings is 1. The number of nitrogens with zero attached hydrogens (tertiary/aromatic N) is 1. The van der Waals surface area contributed by atoms with E-state index in [-0.39, 0.29) is 10.9 Å². The molecule has 0 amide bonds. The molecule has 0 saturated carbocycles. The van der Waals surface area contributed by atoms with Crippen molar-refractivity contribution >= 4 is 10.9 Å². The molecule has 0 aliphatic heterocycles. The van der Waals surface area contributed by atoms with E-state index in [1.54, 1.807) is 6.07 Å². The van der Waals surface area contributed by atoms with Gasteiger partial charge in [0.1, 0.15) is 17.4 Å². The number of nitriles is 1. The van der Waals surface area contributed by atoms with E-state index in [9.17, 15) is 18.0 Å². The number of rotatable bonds is 1. The van der Waals surface area contributed by atoms with E-state index in [2.05, 4.69) is 9.72 Å². The van der Waals surface area contributed by atoms with Gasteiger partial charge in [0.25, 0.3) is 0 Å². The van der Waals surface area contributed by atoms with E-state index >= 15 is 0 Å². The van der Waals surface area contributed by atoms with Gasteiger partial charge in [0.15, 0.2) is 0 Å². The van der Waals surface area contributed by atoms with Gasteiger partial charge in [0.05, 0.1) is 5.39 Å². The van der Waals surface area contributed by atoms with E-state index in [1.165, 1.54) is 12.3 Å². The van der Waals surface area contributed by atoms with E-state index < -0.39 is 17.5 Å². The number of fused-ring (bicyclic) bond motifs is 1. The molecule has 0 fully saturated rings. The van der Waals surface area contributed by atoms with Gasteiger partial charge in [0, 0.05) is 11.7 Å². The van der Waals surface area contributed by atoms with Crippen LogP contribution in [-0.2, 0) is 0 Å². The molecule has 1 aromatic heterocycles. The summed E-state index contributed by atoms with van der Waals surface area (Å²) in [6.07, 6.45) is -3.62.